The lowest BCUT2D eigenvalue weighted by Gasteiger charge is -2.26. The molecule has 1 aliphatic heterocycles. The van der Waals surface area contributed by atoms with Crippen LogP contribution in [0.15, 0.2) is 48.5 Å². The first-order chi connectivity index (χ1) is 13.1. The number of amides is 2. The van der Waals surface area contributed by atoms with Gasteiger partial charge < -0.3 is 15.4 Å². The Morgan fingerprint density at radius 3 is 2.19 bits per heavy atom. The molecule has 27 heavy (non-hydrogen) atoms. The van der Waals surface area contributed by atoms with Gasteiger partial charge in [-0.3, -0.25) is 14.5 Å². The maximum atomic E-state index is 12.9. The summed E-state index contributed by atoms with van der Waals surface area (Å²) in [6, 6.07) is 12.0. The summed E-state index contributed by atoms with van der Waals surface area (Å²) < 4.78 is 18.2. The second-order valence-corrected chi connectivity index (χ2v) is 6.25. The fourth-order valence-corrected chi connectivity index (χ4v) is 2.76. The predicted molar refractivity (Wildman–Crippen MR) is 100 cm³/mol. The molecule has 2 aromatic carbocycles. The van der Waals surface area contributed by atoms with E-state index in [1.165, 1.54) is 24.3 Å². The number of ether oxygens (including phenoxy) is 1. The first kappa shape index (κ1) is 19.0. The molecule has 0 aromatic heterocycles. The van der Waals surface area contributed by atoms with Crippen molar-refractivity contribution in [3.05, 3.63) is 65.5 Å². The molecule has 1 fully saturated rings. The summed E-state index contributed by atoms with van der Waals surface area (Å²) in [5.41, 5.74) is 1.45. The highest BCUT2D eigenvalue weighted by molar-refractivity contribution is 6.04. The Kier molecular flexibility index (Phi) is 6.51. The Morgan fingerprint density at radius 2 is 1.52 bits per heavy atom. The average Bonchev–Trinajstić information content (AvgIpc) is 2.70. The second kappa shape index (κ2) is 9.25. The average molecular weight is 371 g/mol. The van der Waals surface area contributed by atoms with Crippen molar-refractivity contribution in [2.75, 3.05) is 44.7 Å². The van der Waals surface area contributed by atoms with E-state index in [1.807, 2.05) is 0 Å². The van der Waals surface area contributed by atoms with Crippen LogP contribution in [-0.4, -0.2) is 56.1 Å². The van der Waals surface area contributed by atoms with Gasteiger partial charge in [0.25, 0.3) is 11.8 Å². The number of halogens is 1. The number of hydrogen-bond donors (Lipinski definition) is 2. The summed E-state index contributed by atoms with van der Waals surface area (Å²) in [5.74, 6) is -0.882. The molecule has 142 valence electrons. The lowest BCUT2D eigenvalue weighted by Crippen LogP contribution is -2.41. The van der Waals surface area contributed by atoms with Gasteiger partial charge in [-0.2, -0.15) is 0 Å². The van der Waals surface area contributed by atoms with Gasteiger partial charge in [-0.25, -0.2) is 4.39 Å². The van der Waals surface area contributed by atoms with Crippen LogP contribution >= 0.6 is 0 Å². The molecule has 2 aromatic rings. The molecule has 1 heterocycles. The van der Waals surface area contributed by atoms with E-state index in [1.54, 1.807) is 24.3 Å². The zero-order valence-electron chi connectivity index (χ0n) is 14.9. The Balaban J connectivity index is 1.48. The van der Waals surface area contributed by atoms with E-state index in [9.17, 15) is 14.0 Å². The van der Waals surface area contributed by atoms with Crippen molar-refractivity contribution in [2.24, 2.45) is 0 Å². The van der Waals surface area contributed by atoms with Crippen LogP contribution in [0, 0.1) is 5.82 Å². The molecule has 0 radical (unpaired) electrons. The van der Waals surface area contributed by atoms with Crippen LogP contribution in [-0.2, 0) is 4.74 Å². The van der Waals surface area contributed by atoms with Crippen molar-refractivity contribution in [1.29, 1.82) is 0 Å². The summed E-state index contributed by atoms with van der Waals surface area (Å²) >= 11 is 0. The minimum Gasteiger partial charge on any atom is -0.379 e. The maximum absolute atomic E-state index is 12.9. The summed E-state index contributed by atoms with van der Waals surface area (Å²) in [5, 5.41) is 5.61. The summed E-state index contributed by atoms with van der Waals surface area (Å²) in [7, 11) is 0. The van der Waals surface area contributed by atoms with Crippen LogP contribution in [0.3, 0.4) is 0 Å². The highest BCUT2D eigenvalue weighted by Crippen LogP contribution is 2.12. The van der Waals surface area contributed by atoms with Crippen molar-refractivity contribution in [3.8, 4) is 0 Å². The Morgan fingerprint density at radius 1 is 0.926 bits per heavy atom. The fraction of sp³-hybridized carbons (Fsp3) is 0.300. The number of rotatable bonds is 6. The molecule has 1 aliphatic rings. The van der Waals surface area contributed by atoms with Crippen molar-refractivity contribution in [1.82, 2.24) is 10.2 Å². The molecular weight excluding hydrogens is 349 g/mol. The summed E-state index contributed by atoms with van der Waals surface area (Å²) in [6.45, 7) is 4.61. The van der Waals surface area contributed by atoms with Crippen molar-refractivity contribution < 1.29 is 18.7 Å². The molecule has 0 unspecified atom stereocenters. The number of anilines is 1. The third-order valence-electron chi connectivity index (χ3n) is 4.33. The van der Waals surface area contributed by atoms with E-state index in [-0.39, 0.29) is 11.8 Å². The van der Waals surface area contributed by atoms with E-state index in [4.69, 9.17) is 4.74 Å². The zero-order valence-corrected chi connectivity index (χ0v) is 14.9. The molecule has 7 heteroatoms. The monoisotopic (exact) mass is 371 g/mol. The minimum absolute atomic E-state index is 0.153. The van der Waals surface area contributed by atoms with Gasteiger partial charge in [-0.05, 0) is 48.5 Å². The Labute approximate surface area is 157 Å². The smallest absolute Gasteiger partial charge is 0.255 e. The van der Waals surface area contributed by atoms with Gasteiger partial charge in [0.15, 0.2) is 0 Å². The van der Waals surface area contributed by atoms with Crippen molar-refractivity contribution in [2.45, 2.75) is 0 Å². The standard InChI is InChI=1S/C20H22FN3O3/c21-17-5-1-16(2-6-17)20(26)23-18-7-3-15(4-8-18)19(25)22-9-10-24-11-13-27-14-12-24/h1-8H,9-14H2,(H,22,25)(H,23,26). The van der Waals surface area contributed by atoms with Gasteiger partial charge in [-0.15, -0.1) is 0 Å². The molecule has 3 rings (SSSR count). The van der Waals surface area contributed by atoms with Crippen LogP contribution in [0.2, 0.25) is 0 Å². The summed E-state index contributed by atoms with van der Waals surface area (Å²) in [4.78, 5) is 26.6. The second-order valence-electron chi connectivity index (χ2n) is 6.25. The van der Waals surface area contributed by atoms with Gasteiger partial charge in [0.05, 0.1) is 13.2 Å². The number of benzene rings is 2. The molecule has 6 nitrogen and oxygen atoms in total. The van der Waals surface area contributed by atoms with Crippen LogP contribution in [0.1, 0.15) is 20.7 Å². The van der Waals surface area contributed by atoms with E-state index in [2.05, 4.69) is 15.5 Å². The summed E-state index contributed by atoms with van der Waals surface area (Å²) in [6.07, 6.45) is 0. The third kappa shape index (κ3) is 5.60. The normalized spacial score (nSPS) is 14.6. The molecule has 1 saturated heterocycles. The molecule has 2 amide bonds. The number of hydrogen-bond acceptors (Lipinski definition) is 4. The SMILES string of the molecule is O=C(NCCN1CCOCC1)c1ccc(NC(=O)c2ccc(F)cc2)cc1. The van der Waals surface area contributed by atoms with E-state index in [0.29, 0.717) is 23.4 Å². The third-order valence-corrected chi connectivity index (χ3v) is 4.33. The predicted octanol–water partition coefficient (Wildman–Crippen LogP) is 2.14. The lowest BCUT2D eigenvalue weighted by atomic mass is 10.1. The van der Waals surface area contributed by atoms with Gasteiger partial charge in [-0.1, -0.05) is 0 Å². The largest absolute Gasteiger partial charge is 0.379 e. The molecular formula is C20H22FN3O3. The van der Waals surface area contributed by atoms with Crippen LogP contribution in [0.4, 0.5) is 10.1 Å². The molecule has 0 saturated carbocycles. The number of nitrogens with one attached hydrogen (secondary N) is 2. The molecule has 0 aliphatic carbocycles. The molecule has 0 bridgehead atoms. The molecule has 0 atom stereocenters. The number of carbonyl (C=O) groups is 2. The van der Waals surface area contributed by atoms with Crippen molar-refractivity contribution in [3.63, 3.8) is 0 Å². The number of nitrogens with zero attached hydrogens (tertiary/aromatic N) is 1. The molecule has 0 spiro atoms. The zero-order chi connectivity index (χ0) is 19.1. The Bertz CT molecular complexity index is 772. The van der Waals surface area contributed by atoms with Gasteiger partial charge in [0.1, 0.15) is 5.82 Å². The van der Waals surface area contributed by atoms with Crippen LogP contribution in [0.5, 0.6) is 0 Å². The van der Waals surface area contributed by atoms with Crippen molar-refractivity contribution >= 4 is 17.5 Å². The number of morpholine rings is 1. The quantitative estimate of drug-likeness (QED) is 0.816. The minimum atomic E-state index is -0.393. The first-order valence-electron chi connectivity index (χ1n) is 8.87. The van der Waals surface area contributed by atoms with Gasteiger partial charge >= 0.3 is 0 Å². The molecule has 2 N–H and O–H groups in total. The topological polar surface area (TPSA) is 70.7 Å². The number of carbonyl (C=O) groups excluding carboxylic acids is 2. The van der Waals surface area contributed by atoms with E-state index in [0.717, 1.165) is 32.8 Å². The fourth-order valence-electron chi connectivity index (χ4n) is 2.76. The highest BCUT2D eigenvalue weighted by Gasteiger charge is 2.11. The lowest BCUT2D eigenvalue weighted by molar-refractivity contribution is 0.0383. The van der Waals surface area contributed by atoms with E-state index >= 15 is 0 Å². The highest BCUT2D eigenvalue weighted by atomic mass is 19.1. The van der Waals surface area contributed by atoms with E-state index < -0.39 is 5.82 Å². The first-order valence-corrected chi connectivity index (χ1v) is 8.87. The van der Waals surface area contributed by atoms with Crippen LogP contribution < -0.4 is 10.6 Å². The van der Waals surface area contributed by atoms with Crippen LogP contribution in [0.25, 0.3) is 0 Å². The van der Waals surface area contributed by atoms with Gasteiger partial charge in [0.2, 0.25) is 0 Å². The maximum Gasteiger partial charge on any atom is 0.255 e. The Hall–Kier alpha value is -2.77. The van der Waals surface area contributed by atoms with Gasteiger partial charge in [0, 0.05) is 43.0 Å².